The number of Topliss-reactive ketones (excluding diaryl/α,β-unsaturated/α-hetero) is 1. The number of amides is 1. The van der Waals surface area contributed by atoms with E-state index in [1.807, 2.05) is 0 Å². The Hall–Kier alpha value is -1.28. The summed E-state index contributed by atoms with van der Waals surface area (Å²) in [6, 6.07) is 0. The van der Waals surface area contributed by atoms with Gasteiger partial charge < -0.3 is 9.64 Å². The first-order chi connectivity index (χ1) is 12.0. The first-order valence-corrected chi connectivity index (χ1v) is 10.0. The molecule has 1 aliphatic rings. The number of ether oxygens (including phenoxy) is 1. The summed E-state index contributed by atoms with van der Waals surface area (Å²) >= 11 is 0. The van der Waals surface area contributed by atoms with Gasteiger partial charge in [-0.05, 0) is 6.42 Å². The maximum atomic E-state index is 12.7. The van der Waals surface area contributed by atoms with Crippen LogP contribution in [-0.4, -0.2) is 63.0 Å². The van der Waals surface area contributed by atoms with Crippen molar-refractivity contribution in [2.75, 3.05) is 34.4 Å². The smallest absolute Gasteiger partial charge is 0.406 e. The van der Waals surface area contributed by atoms with E-state index in [1.54, 1.807) is 27.9 Å². The summed E-state index contributed by atoms with van der Waals surface area (Å²) in [5.74, 6) is -0.756. The van der Waals surface area contributed by atoms with Crippen molar-refractivity contribution in [3.63, 3.8) is 0 Å². The Morgan fingerprint density at radius 1 is 1.23 bits per heavy atom. The molecule has 0 aliphatic carbocycles. The molecule has 0 aromatic carbocycles. The van der Waals surface area contributed by atoms with E-state index >= 15 is 0 Å². The van der Waals surface area contributed by atoms with Gasteiger partial charge in [0.2, 0.25) is 5.91 Å². The quantitative estimate of drug-likeness (QED) is 0.464. The number of esters is 1. The lowest BCUT2D eigenvalue weighted by atomic mass is 9.84. The van der Waals surface area contributed by atoms with Crippen LogP contribution in [0.3, 0.4) is 0 Å². The van der Waals surface area contributed by atoms with Crippen molar-refractivity contribution < 1.29 is 32.7 Å². The molecule has 0 bridgehead atoms. The van der Waals surface area contributed by atoms with E-state index < -0.39 is 19.3 Å². The molecule has 1 fully saturated rings. The van der Waals surface area contributed by atoms with Crippen molar-refractivity contribution >= 4 is 25.4 Å². The van der Waals surface area contributed by atoms with Crippen LogP contribution in [0.25, 0.3) is 0 Å². The third-order valence-corrected chi connectivity index (χ3v) is 5.60. The molecule has 150 valence electrons. The summed E-state index contributed by atoms with van der Waals surface area (Å²) in [5, 5.41) is 2.63. The highest BCUT2D eigenvalue weighted by atomic mass is 31.2. The Bertz CT molecular complexity index is 577. The van der Waals surface area contributed by atoms with E-state index in [2.05, 4.69) is 9.82 Å². The van der Waals surface area contributed by atoms with Crippen molar-refractivity contribution in [2.24, 2.45) is 5.41 Å². The molecule has 1 amide bonds. The van der Waals surface area contributed by atoms with E-state index in [-0.39, 0.29) is 50.1 Å². The van der Waals surface area contributed by atoms with Gasteiger partial charge in [-0.1, -0.05) is 13.8 Å². The lowest BCUT2D eigenvalue weighted by Crippen LogP contribution is -2.46. The highest BCUT2D eigenvalue weighted by molar-refractivity contribution is 7.51. The van der Waals surface area contributed by atoms with Crippen LogP contribution in [0.15, 0.2) is 0 Å². The second kappa shape index (κ2) is 9.60. The Balaban J connectivity index is 2.63. The number of nitrogens with zero attached hydrogens (tertiary/aromatic N) is 1. The van der Waals surface area contributed by atoms with Crippen LogP contribution in [0.2, 0.25) is 0 Å². The van der Waals surface area contributed by atoms with Gasteiger partial charge >= 0.3 is 13.7 Å². The predicted octanol–water partition coefficient (Wildman–Crippen LogP) is 1.52. The zero-order valence-corrected chi connectivity index (χ0v) is 17.0. The number of carbonyl (C=O) groups excluding carboxylic acids is 3. The summed E-state index contributed by atoms with van der Waals surface area (Å²) in [7, 11) is 0.867. The lowest BCUT2D eigenvalue weighted by molar-refractivity contribution is -0.141. The van der Waals surface area contributed by atoms with Gasteiger partial charge in [0.1, 0.15) is 6.10 Å². The van der Waals surface area contributed by atoms with Crippen LogP contribution >= 0.6 is 7.75 Å². The molecule has 1 rings (SSSR count). The highest BCUT2D eigenvalue weighted by Crippen LogP contribution is 2.53. The van der Waals surface area contributed by atoms with Crippen LogP contribution < -0.4 is 5.09 Å². The standard InChI is InChI=1S/C16H29N2O7P/c1-16(2)11-24-26(22,17-10-9-13(20)18(3)4)25-15(16)12(19)7-6-8-14(21)23-5/h15H,6-11H2,1-5H3,(H,17,22)/t15-,26?/m0/s1. The molecule has 0 radical (unpaired) electrons. The lowest BCUT2D eigenvalue weighted by Gasteiger charge is -2.40. The fraction of sp³-hybridized carbons (Fsp3) is 0.812. The van der Waals surface area contributed by atoms with Crippen molar-refractivity contribution in [3.8, 4) is 0 Å². The molecule has 1 heterocycles. The number of hydrogen-bond donors (Lipinski definition) is 1. The van der Waals surface area contributed by atoms with Crippen LogP contribution in [0.5, 0.6) is 0 Å². The van der Waals surface area contributed by atoms with E-state index in [9.17, 15) is 18.9 Å². The zero-order chi connectivity index (χ0) is 20.0. The van der Waals surface area contributed by atoms with Crippen LogP contribution in [0.1, 0.15) is 39.5 Å². The summed E-state index contributed by atoms with van der Waals surface area (Å²) in [6.45, 7) is 3.76. The average Bonchev–Trinajstić information content (AvgIpc) is 2.56. The summed E-state index contributed by atoms with van der Waals surface area (Å²) < 4.78 is 28.1. The second-order valence-electron chi connectivity index (χ2n) is 7.09. The first-order valence-electron chi connectivity index (χ1n) is 8.48. The normalized spacial score (nSPS) is 24.7. The van der Waals surface area contributed by atoms with E-state index in [0.29, 0.717) is 6.42 Å². The molecule has 9 nitrogen and oxygen atoms in total. The van der Waals surface area contributed by atoms with Gasteiger partial charge in [-0.25, -0.2) is 9.65 Å². The van der Waals surface area contributed by atoms with Gasteiger partial charge in [-0.15, -0.1) is 0 Å². The van der Waals surface area contributed by atoms with Gasteiger partial charge in [0.05, 0.1) is 13.7 Å². The van der Waals surface area contributed by atoms with Gasteiger partial charge in [0, 0.05) is 45.3 Å². The molecule has 1 N–H and O–H groups in total. The largest absolute Gasteiger partial charge is 0.469 e. The molecule has 2 atom stereocenters. The molecule has 0 aromatic heterocycles. The molecule has 26 heavy (non-hydrogen) atoms. The Morgan fingerprint density at radius 2 is 1.88 bits per heavy atom. The van der Waals surface area contributed by atoms with Crippen molar-refractivity contribution in [2.45, 2.75) is 45.6 Å². The summed E-state index contributed by atoms with van der Waals surface area (Å²) in [4.78, 5) is 36.7. The fourth-order valence-electron chi connectivity index (χ4n) is 2.38. The summed E-state index contributed by atoms with van der Waals surface area (Å²) in [6.07, 6.45) is -0.212. The van der Waals surface area contributed by atoms with Gasteiger partial charge in [0.15, 0.2) is 5.78 Å². The maximum absolute atomic E-state index is 12.7. The Kier molecular flexibility index (Phi) is 8.40. The number of ketones is 1. The molecular formula is C16H29N2O7P. The number of methoxy groups -OCH3 is 1. The van der Waals surface area contributed by atoms with E-state index in [4.69, 9.17) is 9.05 Å². The topological polar surface area (TPSA) is 111 Å². The Labute approximate surface area is 154 Å². The average molecular weight is 392 g/mol. The van der Waals surface area contributed by atoms with Crippen LogP contribution in [0.4, 0.5) is 0 Å². The van der Waals surface area contributed by atoms with Crippen molar-refractivity contribution in [1.29, 1.82) is 0 Å². The molecule has 0 aromatic rings. The van der Waals surface area contributed by atoms with Gasteiger partial charge in [-0.3, -0.25) is 23.4 Å². The molecule has 10 heteroatoms. The van der Waals surface area contributed by atoms with Crippen molar-refractivity contribution in [1.82, 2.24) is 9.99 Å². The SMILES string of the molecule is COC(=O)CCCC(=O)[C@@H]1OP(=O)(NCCC(=O)N(C)C)OCC1(C)C. The monoisotopic (exact) mass is 392 g/mol. The third kappa shape index (κ3) is 6.79. The summed E-state index contributed by atoms with van der Waals surface area (Å²) in [5.41, 5.74) is -0.655. The van der Waals surface area contributed by atoms with E-state index in [1.165, 1.54) is 12.0 Å². The van der Waals surface area contributed by atoms with Gasteiger partial charge in [-0.2, -0.15) is 0 Å². The second-order valence-corrected chi connectivity index (χ2v) is 8.87. The minimum Gasteiger partial charge on any atom is -0.469 e. The van der Waals surface area contributed by atoms with Crippen LogP contribution in [-0.2, 0) is 32.7 Å². The molecule has 0 saturated carbocycles. The molecular weight excluding hydrogens is 363 g/mol. The molecule has 1 saturated heterocycles. The zero-order valence-electron chi connectivity index (χ0n) is 16.1. The predicted molar refractivity (Wildman–Crippen MR) is 94.4 cm³/mol. The Morgan fingerprint density at radius 3 is 2.46 bits per heavy atom. The first kappa shape index (κ1) is 22.8. The minimum absolute atomic E-state index is 0.0757. The number of nitrogens with one attached hydrogen (secondary N) is 1. The molecule has 1 aliphatic heterocycles. The van der Waals surface area contributed by atoms with Crippen LogP contribution in [0, 0.1) is 5.41 Å². The van der Waals surface area contributed by atoms with Crippen molar-refractivity contribution in [3.05, 3.63) is 0 Å². The number of rotatable bonds is 9. The number of hydrogen-bond acceptors (Lipinski definition) is 7. The highest BCUT2D eigenvalue weighted by Gasteiger charge is 2.47. The fourth-order valence-corrected chi connectivity index (χ4v) is 4.18. The number of carbonyl (C=O) groups is 3. The molecule has 1 unspecified atom stereocenters. The third-order valence-electron chi connectivity index (χ3n) is 4.03. The van der Waals surface area contributed by atoms with E-state index in [0.717, 1.165) is 0 Å². The van der Waals surface area contributed by atoms with Gasteiger partial charge in [0.25, 0.3) is 0 Å². The maximum Gasteiger partial charge on any atom is 0.406 e. The minimum atomic E-state index is -3.68. The molecule has 0 spiro atoms.